The van der Waals surface area contributed by atoms with Crippen LogP contribution in [0.2, 0.25) is 10.0 Å². The molecule has 0 bridgehead atoms. The number of benzene rings is 2. The zero-order valence-electron chi connectivity index (χ0n) is 20.3. The Labute approximate surface area is 221 Å². The standard InChI is InChI=1S/C24H29Cl2N3O6S/c1-4-20(24(31)27-5-2)28(13-17-18(25)8-7-9-19(17)26)23(30)14-29(36(32,33)6-3)16-10-11-21-22(12-16)35-15-34-21/h7-12,20H,4-6,13-15H2,1-3H3,(H,27,31)/t20-/m0/s1. The molecule has 9 nitrogen and oxygen atoms in total. The average Bonchev–Trinajstić information content (AvgIpc) is 3.32. The Hall–Kier alpha value is -2.69. The third-order valence-electron chi connectivity index (χ3n) is 5.75. The van der Waals surface area contributed by atoms with E-state index in [1.807, 2.05) is 0 Å². The van der Waals surface area contributed by atoms with Crippen molar-refractivity contribution >= 4 is 50.7 Å². The van der Waals surface area contributed by atoms with Crippen LogP contribution in [0.5, 0.6) is 11.5 Å². The number of carbonyl (C=O) groups excluding carboxylic acids is 2. The molecule has 1 aliphatic rings. The van der Waals surface area contributed by atoms with Gasteiger partial charge in [0.15, 0.2) is 11.5 Å². The van der Waals surface area contributed by atoms with Crippen molar-refractivity contribution in [1.82, 2.24) is 10.2 Å². The summed E-state index contributed by atoms with van der Waals surface area (Å²) < 4.78 is 37.8. The van der Waals surface area contributed by atoms with E-state index in [4.69, 9.17) is 32.7 Å². The summed E-state index contributed by atoms with van der Waals surface area (Å²) in [7, 11) is -3.87. The lowest BCUT2D eigenvalue weighted by Gasteiger charge is -2.33. The lowest BCUT2D eigenvalue weighted by molar-refractivity contribution is -0.140. The SMILES string of the molecule is CCNC(=O)[C@H](CC)N(Cc1c(Cl)cccc1Cl)C(=O)CN(c1ccc2c(c1)OCO2)S(=O)(=O)CC. The molecule has 12 heteroatoms. The Morgan fingerprint density at radius 2 is 1.72 bits per heavy atom. The Kier molecular flexibility index (Phi) is 9.32. The molecule has 2 amide bonds. The molecule has 196 valence electrons. The van der Waals surface area contributed by atoms with E-state index in [2.05, 4.69) is 5.32 Å². The Morgan fingerprint density at radius 3 is 2.33 bits per heavy atom. The van der Waals surface area contributed by atoms with E-state index in [-0.39, 0.29) is 30.7 Å². The van der Waals surface area contributed by atoms with Crippen LogP contribution >= 0.6 is 23.2 Å². The van der Waals surface area contributed by atoms with Crippen molar-refractivity contribution in [3.05, 3.63) is 52.0 Å². The second kappa shape index (κ2) is 12.0. The fourth-order valence-electron chi connectivity index (χ4n) is 3.83. The minimum atomic E-state index is -3.87. The van der Waals surface area contributed by atoms with Gasteiger partial charge in [0, 0.05) is 34.8 Å². The summed E-state index contributed by atoms with van der Waals surface area (Å²) >= 11 is 12.7. The lowest BCUT2D eigenvalue weighted by atomic mass is 10.1. The molecular weight excluding hydrogens is 529 g/mol. The second-order valence-corrected chi connectivity index (χ2v) is 11.0. The van der Waals surface area contributed by atoms with E-state index in [9.17, 15) is 18.0 Å². The molecule has 0 spiro atoms. The van der Waals surface area contributed by atoms with Crippen molar-refractivity contribution in [3.63, 3.8) is 0 Å². The molecule has 0 saturated carbocycles. The van der Waals surface area contributed by atoms with Crippen LogP contribution in [0.15, 0.2) is 36.4 Å². The van der Waals surface area contributed by atoms with Crippen LogP contribution in [0.1, 0.15) is 32.8 Å². The van der Waals surface area contributed by atoms with E-state index in [0.29, 0.717) is 40.1 Å². The Balaban J connectivity index is 2.01. The number of hydrogen-bond donors (Lipinski definition) is 1. The molecule has 0 aromatic heterocycles. The van der Waals surface area contributed by atoms with Crippen molar-refractivity contribution in [2.45, 2.75) is 39.8 Å². The fraction of sp³-hybridized carbons (Fsp3) is 0.417. The van der Waals surface area contributed by atoms with Gasteiger partial charge in [-0.2, -0.15) is 0 Å². The van der Waals surface area contributed by atoms with Gasteiger partial charge < -0.3 is 19.7 Å². The van der Waals surface area contributed by atoms with Crippen LogP contribution in [-0.2, 0) is 26.2 Å². The van der Waals surface area contributed by atoms with Gasteiger partial charge in [0.25, 0.3) is 0 Å². The predicted molar refractivity (Wildman–Crippen MR) is 139 cm³/mol. The zero-order valence-corrected chi connectivity index (χ0v) is 22.6. The van der Waals surface area contributed by atoms with E-state index < -0.39 is 28.5 Å². The molecule has 1 N–H and O–H groups in total. The number of fused-ring (bicyclic) bond motifs is 1. The van der Waals surface area contributed by atoms with Crippen LogP contribution in [0.3, 0.4) is 0 Å². The zero-order chi connectivity index (χ0) is 26.5. The topological polar surface area (TPSA) is 105 Å². The smallest absolute Gasteiger partial charge is 0.244 e. The van der Waals surface area contributed by atoms with E-state index in [0.717, 1.165) is 4.31 Å². The summed E-state index contributed by atoms with van der Waals surface area (Å²) in [4.78, 5) is 28.0. The third kappa shape index (κ3) is 6.16. The summed E-state index contributed by atoms with van der Waals surface area (Å²) in [6.07, 6.45) is 0.296. The number of anilines is 1. The molecule has 2 aromatic rings. The molecule has 1 aliphatic heterocycles. The molecule has 3 rings (SSSR count). The molecule has 1 heterocycles. The van der Waals surface area contributed by atoms with Gasteiger partial charge in [-0.1, -0.05) is 36.2 Å². The molecule has 1 atom stereocenters. The van der Waals surface area contributed by atoms with Crippen molar-refractivity contribution in [1.29, 1.82) is 0 Å². The van der Waals surface area contributed by atoms with Crippen LogP contribution in [-0.4, -0.2) is 56.8 Å². The molecular formula is C24H29Cl2N3O6S. The van der Waals surface area contributed by atoms with Gasteiger partial charge in [-0.15, -0.1) is 0 Å². The third-order valence-corrected chi connectivity index (χ3v) is 8.20. The molecule has 0 saturated heterocycles. The summed E-state index contributed by atoms with van der Waals surface area (Å²) in [5.41, 5.74) is 0.709. The molecule has 36 heavy (non-hydrogen) atoms. The van der Waals surface area contributed by atoms with Crippen molar-refractivity contribution in [3.8, 4) is 11.5 Å². The number of hydrogen-bond acceptors (Lipinski definition) is 6. The summed E-state index contributed by atoms with van der Waals surface area (Å²) in [6.45, 7) is 4.82. The summed E-state index contributed by atoms with van der Waals surface area (Å²) in [6, 6.07) is 8.73. The number of rotatable bonds is 11. The highest BCUT2D eigenvalue weighted by molar-refractivity contribution is 7.92. The van der Waals surface area contributed by atoms with Crippen LogP contribution in [0.4, 0.5) is 5.69 Å². The maximum Gasteiger partial charge on any atom is 0.244 e. The number of ether oxygens (including phenoxy) is 2. The number of nitrogens with one attached hydrogen (secondary N) is 1. The number of likely N-dealkylation sites (N-methyl/N-ethyl adjacent to an activating group) is 1. The van der Waals surface area contributed by atoms with Crippen molar-refractivity contribution < 1.29 is 27.5 Å². The van der Waals surface area contributed by atoms with Gasteiger partial charge in [-0.3, -0.25) is 13.9 Å². The molecule has 0 unspecified atom stereocenters. The minimum Gasteiger partial charge on any atom is -0.454 e. The first-order valence-corrected chi connectivity index (χ1v) is 13.9. The molecule has 2 aromatic carbocycles. The normalized spacial score (nSPS) is 13.2. The first-order chi connectivity index (χ1) is 17.1. The van der Waals surface area contributed by atoms with Gasteiger partial charge in [-0.05, 0) is 44.5 Å². The summed E-state index contributed by atoms with van der Waals surface area (Å²) in [5.74, 6) is -0.317. The highest BCUT2D eigenvalue weighted by Gasteiger charge is 2.33. The first-order valence-electron chi connectivity index (χ1n) is 11.5. The van der Waals surface area contributed by atoms with Crippen LogP contribution in [0, 0.1) is 0 Å². The number of carbonyl (C=O) groups is 2. The second-order valence-electron chi connectivity index (χ2n) is 7.99. The van der Waals surface area contributed by atoms with E-state index in [1.54, 1.807) is 44.2 Å². The van der Waals surface area contributed by atoms with Crippen molar-refractivity contribution in [2.24, 2.45) is 0 Å². The van der Waals surface area contributed by atoms with Gasteiger partial charge in [0.1, 0.15) is 12.6 Å². The van der Waals surface area contributed by atoms with Gasteiger partial charge >= 0.3 is 0 Å². The first kappa shape index (κ1) is 27.9. The lowest BCUT2D eigenvalue weighted by Crippen LogP contribution is -2.52. The highest BCUT2D eigenvalue weighted by Crippen LogP contribution is 2.36. The predicted octanol–water partition coefficient (Wildman–Crippen LogP) is 3.82. The highest BCUT2D eigenvalue weighted by atomic mass is 35.5. The van der Waals surface area contributed by atoms with E-state index in [1.165, 1.54) is 17.9 Å². The number of halogens is 2. The quantitative estimate of drug-likeness (QED) is 0.450. The largest absolute Gasteiger partial charge is 0.454 e. The Bertz CT molecular complexity index is 1200. The minimum absolute atomic E-state index is 0.0232. The van der Waals surface area contributed by atoms with Crippen molar-refractivity contribution in [2.75, 3.05) is 29.9 Å². The molecule has 0 fully saturated rings. The number of amides is 2. The number of nitrogens with zero attached hydrogens (tertiary/aromatic N) is 2. The maximum absolute atomic E-state index is 13.8. The van der Waals surface area contributed by atoms with Crippen LogP contribution < -0.4 is 19.1 Å². The molecule has 0 aliphatic carbocycles. The fourth-order valence-corrected chi connectivity index (χ4v) is 5.40. The monoisotopic (exact) mass is 557 g/mol. The van der Waals surface area contributed by atoms with E-state index >= 15 is 0 Å². The molecule has 0 radical (unpaired) electrons. The van der Waals surface area contributed by atoms with Crippen LogP contribution in [0.25, 0.3) is 0 Å². The number of sulfonamides is 1. The maximum atomic E-state index is 13.8. The van der Waals surface area contributed by atoms with Gasteiger partial charge in [0.05, 0.1) is 11.4 Å². The van der Waals surface area contributed by atoms with Gasteiger partial charge in [-0.25, -0.2) is 8.42 Å². The average molecular weight is 558 g/mol. The summed E-state index contributed by atoms with van der Waals surface area (Å²) in [5, 5.41) is 3.41. The van der Waals surface area contributed by atoms with Gasteiger partial charge in [0.2, 0.25) is 28.6 Å². The Morgan fingerprint density at radius 1 is 1.06 bits per heavy atom.